The molecule has 0 spiro atoms. The monoisotopic (exact) mass is 942 g/mol. The van der Waals surface area contributed by atoms with Crippen molar-refractivity contribution >= 4 is 35.7 Å². The summed E-state index contributed by atoms with van der Waals surface area (Å²) in [5.74, 6) is -1.09. The van der Waals surface area contributed by atoms with Crippen molar-refractivity contribution in [3.63, 3.8) is 0 Å². The van der Waals surface area contributed by atoms with Crippen molar-refractivity contribution in [3.05, 3.63) is 154 Å². The molecule has 7 heteroatoms. The Morgan fingerprint density at radius 2 is 0.800 bits per heavy atom. The SMILES string of the molecule is CCCCCCCCCCCCCCc1ccc(N=Cc2ccc(C(=O)Oc3ccc(C#N)c(OC(=O)c4ccc(C=Nc5ccc(CCCCCCCCCCCCCC)cc5)cc4)c3)cc2)cc1. The van der Waals surface area contributed by atoms with Crippen molar-refractivity contribution in [2.45, 2.75) is 181 Å². The number of hydrogen-bond acceptors (Lipinski definition) is 7. The van der Waals surface area contributed by atoms with Crippen LogP contribution < -0.4 is 9.47 Å². The van der Waals surface area contributed by atoms with Gasteiger partial charge in [-0.3, -0.25) is 9.98 Å². The van der Waals surface area contributed by atoms with Gasteiger partial charge in [-0.25, -0.2) is 9.59 Å². The summed E-state index contributed by atoms with van der Waals surface area (Å²) >= 11 is 0. The van der Waals surface area contributed by atoms with Gasteiger partial charge in [-0.2, -0.15) is 5.26 Å². The van der Waals surface area contributed by atoms with Crippen LogP contribution in [0.15, 0.2) is 125 Å². The van der Waals surface area contributed by atoms with Crippen molar-refractivity contribution < 1.29 is 19.1 Å². The maximum atomic E-state index is 13.2. The molecule has 0 heterocycles. The fraction of sp³-hybridized carbons (Fsp3) is 0.444. The first-order valence-corrected chi connectivity index (χ1v) is 26.9. The lowest BCUT2D eigenvalue weighted by atomic mass is 10.0. The van der Waals surface area contributed by atoms with Gasteiger partial charge in [0.25, 0.3) is 0 Å². The van der Waals surface area contributed by atoms with Crippen LogP contribution in [0.2, 0.25) is 0 Å². The summed E-state index contributed by atoms with van der Waals surface area (Å²) in [5, 5.41) is 9.74. The van der Waals surface area contributed by atoms with Gasteiger partial charge in [0, 0.05) is 18.5 Å². The van der Waals surface area contributed by atoms with Crippen LogP contribution in [0, 0.1) is 11.3 Å². The lowest BCUT2D eigenvalue weighted by molar-refractivity contribution is 0.0732. The van der Waals surface area contributed by atoms with Crippen LogP contribution in [0.1, 0.15) is 216 Å². The van der Waals surface area contributed by atoms with E-state index in [9.17, 15) is 14.9 Å². The van der Waals surface area contributed by atoms with Crippen LogP contribution in [0.3, 0.4) is 0 Å². The van der Waals surface area contributed by atoms with Gasteiger partial charge in [0.15, 0.2) is 5.75 Å². The number of esters is 2. The zero-order chi connectivity index (χ0) is 49.3. The average molecular weight is 942 g/mol. The van der Waals surface area contributed by atoms with Gasteiger partial charge in [-0.15, -0.1) is 0 Å². The Kier molecular flexibility index (Phi) is 26.2. The summed E-state index contributed by atoms with van der Waals surface area (Å²) in [4.78, 5) is 35.6. The first-order chi connectivity index (χ1) is 34.4. The summed E-state index contributed by atoms with van der Waals surface area (Å²) in [6.45, 7) is 4.55. The van der Waals surface area contributed by atoms with Crippen molar-refractivity contribution in [2.24, 2.45) is 9.98 Å². The van der Waals surface area contributed by atoms with Crippen molar-refractivity contribution in [1.29, 1.82) is 5.26 Å². The van der Waals surface area contributed by atoms with E-state index < -0.39 is 11.9 Å². The molecular weight excluding hydrogens is 863 g/mol. The Morgan fingerprint density at radius 3 is 1.17 bits per heavy atom. The highest BCUT2D eigenvalue weighted by Crippen LogP contribution is 2.27. The Bertz CT molecular complexity index is 2340. The number of hydrogen-bond donors (Lipinski definition) is 0. The molecule has 0 aliphatic rings. The number of unbranched alkanes of at least 4 members (excludes halogenated alkanes) is 22. The fourth-order valence-corrected chi connectivity index (χ4v) is 8.61. The molecule has 70 heavy (non-hydrogen) atoms. The third-order valence-electron chi connectivity index (χ3n) is 13.0. The molecule has 5 aromatic carbocycles. The third-order valence-corrected chi connectivity index (χ3v) is 13.0. The van der Waals surface area contributed by atoms with Crippen LogP contribution in [-0.2, 0) is 12.8 Å². The van der Waals surface area contributed by atoms with E-state index >= 15 is 0 Å². The van der Waals surface area contributed by atoms with Crippen molar-refractivity contribution in [3.8, 4) is 17.6 Å². The maximum Gasteiger partial charge on any atom is 0.343 e. The second kappa shape index (κ2) is 33.4. The Hall–Kier alpha value is -6.13. The molecule has 5 rings (SSSR count). The number of ether oxygens (including phenoxy) is 2. The highest BCUT2D eigenvalue weighted by atomic mass is 16.5. The number of nitriles is 1. The number of carbonyl (C=O) groups is 2. The van der Waals surface area contributed by atoms with Gasteiger partial charge >= 0.3 is 11.9 Å². The van der Waals surface area contributed by atoms with Gasteiger partial charge < -0.3 is 9.47 Å². The number of benzene rings is 5. The van der Waals surface area contributed by atoms with Gasteiger partial charge in [0.1, 0.15) is 11.8 Å². The van der Waals surface area contributed by atoms with E-state index in [1.54, 1.807) is 48.8 Å². The minimum absolute atomic E-state index is 0.00498. The molecule has 0 aliphatic heterocycles. The number of aryl methyl sites for hydroxylation is 2. The van der Waals surface area contributed by atoms with Crippen LogP contribution in [-0.4, -0.2) is 24.4 Å². The van der Waals surface area contributed by atoms with Gasteiger partial charge in [0.2, 0.25) is 0 Å². The highest BCUT2D eigenvalue weighted by molar-refractivity contribution is 5.94. The highest BCUT2D eigenvalue weighted by Gasteiger charge is 2.16. The Morgan fingerprint density at radius 1 is 0.443 bits per heavy atom. The summed E-state index contributed by atoms with van der Waals surface area (Å²) in [7, 11) is 0. The summed E-state index contributed by atoms with van der Waals surface area (Å²) < 4.78 is 11.3. The Balaban J connectivity index is 0.993. The molecule has 0 bridgehead atoms. The smallest absolute Gasteiger partial charge is 0.343 e. The number of rotatable bonds is 34. The zero-order valence-corrected chi connectivity index (χ0v) is 42.5. The summed E-state index contributed by atoms with van der Waals surface area (Å²) in [6.07, 6.45) is 38.2. The van der Waals surface area contributed by atoms with Crippen molar-refractivity contribution in [2.75, 3.05) is 0 Å². The summed E-state index contributed by atoms with van der Waals surface area (Å²) in [6, 6.07) is 37.1. The van der Waals surface area contributed by atoms with Crippen LogP contribution in [0.5, 0.6) is 11.5 Å². The number of aliphatic imine (C=N–C) groups is 2. The molecule has 5 aromatic rings. The van der Waals surface area contributed by atoms with E-state index in [2.05, 4.69) is 48.1 Å². The van der Waals surface area contributed by atoms with E-state index in [1.165, 1.54) is 183 Å². The second-order valence-corrected chi connectivity index (χ2v) is 18.9. The first-order valence-electron chi connectivity index (χ1n) is 26.9. The van der Waals surface area contributed by atoms with E-state index in [0.29, 0.717) is 11.1 Å². The van der Waals surface area contributed by atoms with Crippen molar-refractivity contribution in [1.82, 2.24) is 0 Å². The zero-order valence-electron chi connectivity index (χ0n) is 42.5. The van der Waals surface area contributed by atoms with Crippen LogP contribution in [0.25, 0.3) is 0 Å². The third kappa shape index (κ3) is 21.7. The van der Waals surface area contributed by atoms with Gasteiger partial charge in [-0.05, 0) is 109 Å². The normalized spacial score (nSPS) is 11.3. The molecule has 0 saturated heterocycles. The van der Waals surface area contributed by atoms with Crippen LogP contribution >= 0.6 is 0 Å². The van der Waals surface area contributed by atoms with Gasteiger partial charge in [0.05, 0.1) is 28.1 Å². The molecule has 0 aromatic heterocycles. The topological polar surface area (TPSA) is 101 Å². The lowest BCUT2D eigenvalue weighted by Crippen LogP contribution is -2.11. The van der Waals surface area contributed by atoms with E-state index in [4.69, 9.17) is 9.47 Å². The predicted molar refractivity (Wildman–Crippen MR) is 291 cm³/mol. The van der Waals surface area contributed by atoms with E-state index in [1.807, 2.05) is 42.5 Å². The Labute approximate surface area is 420 Å². The first kappa shape index (κ1) is 54.8. The standard InChI is InChI=1S/C63H79N3O4/c1-3-5-7-9-11-13-15-17-19-21-23-25-27-51-33-42-58(43-34-51)65-49-53-29-37-55(38-30-53)62(67)69-60-46-41-57(48-64)61(47-60)70-63(68)56-39-31-54(32-40-56)50-66-59-44-35-52(36-45-59)28-26-24-22-20-18-16-14-12-10-8-6-4-2/h29-47,49-50H,3-28H2,1-2H3. The molecule has 0 amide bonds. The molecule has 0 N–H and O–H groups in total. The minimum Gasteiger partial charge on any atom is -0.423 e. The molecule has 0 fully saturated rings. The molecule has 7 nitrogen and oxygen atoms in total. The second-order valence-electron chi connectivity index (χ2n) is 18.9. The molecule has 0 radical (unpaired) electrons. The minimum atomic E-state index is -0.643. The van der Waals surface area contributed by atoms with Gasteiger partial charge in [-0.1, -0.05) is 204 Å². The average Bonchev–Trinajstić information content (AvgIpc) is 3.39. The fourth-order valence-electron chi connectivity index (χ4n) is 8.61. The summed E-state index contributed by atoms with van der Waals surface area (Å²) in [5.41, 5.74) is 6.86. The molecule has 0 saturated carbocycles. The molecule has 0 atom stereocenters. The van der Waals surface area contributed by atoms with Crippen LogP contribution in [0.4, 0.5) is 11.4 Å². The van der Waals surface area contributed by atoms with E-state index in [-0.39, 0.29) is 17.1 Å². The predicted octanol–water partition coefficient (Wildman–Crippen LogP) is 18.0. The number of nitrogens with zero attached hydrogens (tertiary/aromatic N) is 3. The van der Waals surface area contributed by atoms with E-state index in [0.717, 1.165) is 35.3 Å². The number of carbonyl (C=O) groups excluding carboxylic acids is 2. The quantitative estimate of drug-likeness (QED) is 0.0177. The molecular formula is C63H79N3O4. The molecule has 0 aliphatic carbocycles. The largest absolute Gasteiger partial charge is 0.423 e. The molecule has 0 unspecified atom stereocenters. The molecule has 370 valence electrons. The maximum absolute atomic E-state index is 13.2. The lowest BCUT2D eigenvalue weighted by Gasteiger charge is -2.09.